The average molecular weight is 249 g/mol. The van der Waals surface area contributed by atoms with Gasteiger partial charge in [0.15, 0.2) is 0 Å². The summed E-state index contributed by atoms with van der Waals surface area (Å²) in [5.74, 6) is -0.311. The van der Waals surface area contributed by atoms with Crippen LogP contribution in [0.15, 0.2) is 42.6 Å². The van der Waals surface area contributed by atoms with E-state index in [1.165, 1.54) is 12.1 Å². The minimum atomic E-state index is -2.47. The molecule has 0 aliphatic heterocycles. The van der Waals surface area contributed by atoms with Gasteiger partial charge in [-0.25, -0.2) is 13.5 Å². The van der Waals surface area contributed by atoms with Crippen LogP contribution in [0.25, 0.3) is 11.1 Å². The third-order valence-electron chi connectivity index (χ3n) is 2.27. The molecule has 0 aliphatic rings. The molecule has 86 valence electrons. The lowest BCUT2D eigenvalue weighted by atomic mass is 10.1. The minimum absolute atomic E-state index is 0.0707. The predicted molar refractivity (Wildman–Crippen MR) is 61.6 cm³/mol. The van der Waals surface area contributed by atoms with Crippen molar-refractivity contribution in [1.29, 1.82) is 0 Å². The normalized spacial score (nSPS) is 10.2. The molecule has 3 nitrogen and oxygen atoms in total. The molecular weight excluding hydrogens is 240 g/mol. The molecular formula is C12H9FNO2P. The first-order valence-corrected chi connectivity index (χ1v) is 6.34. The zero-order chi connectivity index (χ0) is 12.3. The summed E-state index contributed by atoms with van der Waals surface area (Å²) in [6.45, 7) is 0. The van der Waals surface area contributed by atoms with E-state index in [0.717, 1.165) is 11.1 Å². The predicted octanol–water partition coefficient (Wildman–Crippen LogP) is 3.56. The van der Waals surface area contributed by atoms with Gasteiger partial charge >= 0.3 is 7.68 Å². The maximum absolute atomic E-state index is 13.0. The zero-order valence-electron chi connectivity index (χ0n) is 8.84. The smallest absolute Gasteiger partial charge is 0.260 e. The number of hydrogen-bond donors (Lipinski definition) is 0. The number of aromatic nitrogens is 1. The molecule has 0 fully saturated rings. The van der Waals surface area contributed by atoms with Gasteiger partial charge in [-0.05, 0) is 23.8 Å². The van der Waals surface area contributed by atoms with Crippen molar-refractivity contribution in [3.8, 4) is 11.1 Å². The van der Waals surface area contributed by atoms with Gasteiger partial charge in [0.25, 0.3) is 0 Å². The quantitative estimate of drug-likeness (QED) is 0.781. The van der Waals surface area contributed by atoms with Crippen LogP contribution in [-0.2, 0) is 15.3 Å². The maximum atomic E-state index is 13.0. The molecule has 0 aliphatic carbocycles. The number of pyridine rings is 1. The largest absolute Gasteiger partial charge is 0.321 e. The molecule has 17 heavy (non-hydrogen) atoms. The van der Waals surface area contributed by atoms with Crippen molar-refractivity contribution in [3.63, 3.8) is 0 Å². The SMILES string of the molecule is O=P(=O)Cc1ccc(-c2cccc(F)c2)cn1. The molecule has 0 spiro atoms. The van der Waals surface area contributed by atoms with E-state index in [0.29, 0.717) is 5.69 Å². The van der Waals surface area contributed by atoms with Gasteiger partial charge in [-0.15, -0.1) is 0 Å². The molecule has 1 heterocycles. The van der Waals surface area contributed by atoms with Crippen LogP contribution in [0.2, 0.25) is 0 Å². The molecule has 5 heteroatoms. The summed E-state index contributed by atoms with van der Waals surface area (Å²) in [4.78, 5) is 4.02. The van der Waals surface area contributed by atoms with Crippen molar-refractivity contribution < 1.29 is 13.5 Å². The van der Waals surface area contributed by atoms with E-state index in [1.807, 2.05) is 0 Å². The minimum Gasteiger partial charge on any atom is -0.260 e. The van der Waals surface area contributed by atoms with Crippen molar-refractivity contribution in [1.82, 2.24) is 4.98 Å². The molecule has 1 aromatic heterocycles. The van der Waals surface area contributed by atoms with E-state index in [1.54, 1.807) is 30.5 Å². The summed E-state index contributed by atoms with van der Waals surface area (Å²) in [6, 6.07) is 9.53. The average Bonchev–Trinajstić information content (AvgIpc) is 2.29. The maximum Gasteiger partial charge on any atom is 0.321 e. The molecule has 0 radical (unpaired) electrons. The summed E-state index contributed by atoms with van der Waals surface area (Å²) in [5.41, 5.74) is 1.96. The van der Waals surface area contributed by atoms with Crippen molar-refractivity contribution in [2.24, 2.45) is 0 Å². The highest BCUT2D eigenvalue weighted by atomic mass is 31.1. The third-order valence-corrected chi connectivity index (χ3v) is 2.86. The standard InChI is InChI=1S/C12H9FNO2P/c13-11-3-1-2-9(6-11)10-4-5-12(14-7-10)8-17(15)16/h1-7H,8H2. The lowest BCUT2D eigenvalue weighted by molar-refractivity contribution is 0.514. The number of hydrogen-bond acceptors (Lipinski definition) is 3. The Morgan fingerprint density at radius 2 is 1.94 bits per heavy atom. The molecule has 0 unspecified atom stereocenters. The second kappa shape index (κ2) is 5.02. The van der Waals surface area contributed by atoms with Crippen LogP contribution < -0.4 is 0 Å². The van der Waals surface area contributed by atoms with Crippen molar-refractivity contribution in [2.75, 3.05) is 0 Å². The molecule has 0 bridgehead atoms. The Balaban J connectivity index is 2.29. The van der Waals surface area contributed by atoms with Crippen LogP contribution in [0.5, 0.6) is 0 Å². The van der Waals surface area contributed by atoms with Gasteiger partial charge in [0, 0.05) is 11.8 Å². The van der Waals surface area contributed by atoms with Gasteiger partial charge in [-0.2, -0.15) is 0 Å². The van der Waals surface area contributed by atoms with E-state index in [2.05, 4.69) is 4.98 Å². The number of nitrogens with zero attached hydrogens (tertiary/aromatic N) is 1. The Labute approximate surface area is 98.1 Å². The highest BCUT2D eigenvalue weighted by Gasteiger charge is 2.02. The molecule has 2 aromatic rings. The lowest BCUT2D eigenvalue weighted by Gasteiger charge is -2.01. The van der Waals surface area contributed by atoms with Crippen LogP contribution in [0.4, 0.5) is 4.39 Å². The number of benzene rings is 1. The van der Waals surface area contributed by atoms with Gasteiger partial charge in [0.1, 0.15) is 12.0 Å². The Hall–Kier alpha value is -1.80. The molecule has 2 rings (SSSR count). The fraction of sp³-hybridized carbons (Fsp3) is 0.0833. The van der Waals surface area contributed by atoms with Gasteiger partial charge in [0.2, 0.25) is 0 Å². The fourth-order valence-electron chi connectivity index (χ4n) is 1.49. The van der Waals surface area contributed by atoms with Crippen molar-refractivity contribution in [3.05, 3.63) is 54.1 Å². The molecule has 0 N–H and O–H groups in total. The Bertz CT molecular complexity index is 586. The van der Waals surface area contributed by atoms with Gasteiger partial charge in [-0.1, -0.05) is 18.2 Å². The molecule has 1 aromatic carbocycles. The van der Waals surface area contributed by atoms with E-state index < -0.39 is 7.68 Å². The van der Waals surface area contributed by atoms with Gasteiger partial charge in [0.05, 0.1) is 5.69 Å². The van der Waals surface area contributed by atoms with Crippen LogP contribution in [-0.4, -0.2) is 4.98 Å². The summed E-state index contributed by atoms with van der Waals surface area (Å²) in [5, 5.41) is 0. The highest BCUT2D eigenvalue weighted by molar-refractivity contribution is 7.29. The van der Waals surface area contributed by atoms with Crippen LogP contribution in [0.1, 0.15) is 5.69 Å². The third kappa shape index (κ3) is 3.08. The zero-order valence-corrected chi connectivity index (χ0v) is 9.73. The first kappa shape index (κ1) is 11.7. The number of halogens is 1. The van der Waals surface area contributed by atoms with Crippen LogP contribution in [0.3, 0.4) is 0 Å². The lowest BCUT2D eigenvalue weighted by Crippen LogP contribution is -1.86. The van der Waals surface area contributed by atoms with E-state index in [-0.39, 0.29) is 12.0 Å². The Morgan fingerprint density at radius 1 is 1.12 bits per heavy atom. The first-order valence-electron chi connectivity index (χ1n) is 4.98. The molecule has 0 saturated carbocycles. The van der Waals surface area contributed by atoms with E-state index in [4.69, 9.17) is 0 Å². The van der Waals surface area contributed by atoms with Crippen molar-refractivity contribution >= 4 is 7.68 Å². The summed E-state index contributed by atoms with van der Waals surface area (Å²) < 4.78 is 34.0. The summed E-state index contributed by atoms with van der Waals surface area (Å²) >= 11 is 0. The van der Waals surface area contributed by atoms with Gasteiger partial charge < -0.3 is 0 Å². The second-order valence-corrected chi connectivity index (χ2v) is 4.52. The summed E-state index contributed by atoms with van der Waals surface area (Å²) in [7, 11) is -2.47. The van der Waals surface area contributed by atoms with Crippen LogP contribution in [0, 0.1) is 5.82 Å². The monoisotopic (exact) mass is 249 g/mol. The summed E-state index contributed by atoms with van der Waals surface area (Å²) in [6.07, 6.45) is 1.47. The fourth-order valence-corrected chi connectivity index (χ4v) is 1.94. The first-order chi connectivity index (χ1) is 8.15. The topological polar surface area (TPSA) is 47.0 Å². The second-order valence-electron chi connectivity index (χ2n) is 3.54. The molecule has 0 atom stereocenters. The number of rotatable bonds is 3. The van der Waals surface area contributed by atoms with E-state index in [9.17, 15) is 13.5 Å². The molecule has 0 saturated heterocycles. The Kier molecular flexibility index (Phi) is 3.45. The molecule has 0 amide bonds. The van der Waals surface area contributed by atoms with Crippen molar-refractivity contribution in [2.45, 2.75) is 6.16 Å². The van der Waals surface area contributed by atoms with Gasteiger partial charge in [-0.3, -0.25) is 4.98 Å². The highest BCUT2D eigenvalue weighted by Crippen LogP contribution is 2.20. The Morgan fingerprint density at radius 3 is 2.53 bits per heavy atom. The van der Waals surface area contributed by atoms with E-state index >= 15 is 0 Å². The van der Waals surface area contributed by atoms with Crippen LogP contribution >= 0.6 is 7.68 Å².